The first kappa shape index (κ1) is 21.7. The number of benzene rings is 3. The molecule has 166 valence electrons. The lowest BCUT2D eigenvalue weighted by molar-refractivity contribution is -0.113. The van der Waals surface area contributed by atoms with Crippen LogP contribution in [-0.2, 0) is 24.2 Å². The number of fused-ring (bicyclic) bond motifs is 2. The highest BCUT2D eigenvalue weighted by atomic mass is 35.5. The van der Waals surface area contributed by atoms with Crippen LogP contribution in [0.1, 0.15) is 23.1 Å². The van der Waals surface area contributed by atoms with Crippen molar-refractivity contribution in [3.8, 4) is 0 Å². The minimum atomic E-state index is -0.128. The fourth-order valence-electron chi connectivity index (χ4n) is 4.15. The molecule has 1 aromatic heterocycles. The molecule has 3 aromatic carbocycles. The molecule has 5 rings (SSSR count). The molecule has 0 spiro atoms. The number of aromatic nitrogens is 2. The maximum atomic E-state index is 13.2. The Morgan fingerprint density at radius 3 is 2.67 bits per heavy atom. The summed E-state index contributed by atoms with van der Waals surface area (Å²) in [6, 6.07) is 20.8. The van der Waals surface area contributed by atoms with Gasteiger partial charge in [0, 0.05) is 10.7 Å². The van der Waals surface area contributed by atoms with Gasteiger partial charge in [-0.15, -0.1) is 0 Å². The number of halogens is 1. The quantitative estimate of drug-likeness (QED) is 0.303. The summed E-state index contributed by atoms with van der Waals surface area (Å²) >= 11 is 7.27. The van der Waals surface area contributed by atoms with Gasteiger partial charge in [-0.25, -0.2) is 4.98 Å². The zero-order valence-corrected chi connectivity index (χ0v) is 19.5. The molecule has 1 aliphatic rings. The van der Waals surface area contributed by atoms with E-state index in [-0.39, 0.29) is 17.2 Å². The molecule has 33 heavy (non-hydrogen) atoms. The number of nitrogens with one attached hydrogen (secondary N) is 1. The SMILES string of the molecule is O=C(CSc1nc2ccccc2c(=O)n1Cc1ccc(Cl)cc1)Nc1ccc2c(c1)CCC2. The van der Waals surface area contributed by atoms with Crippen LogP contribution in [0.2, 0.25) is 5.02 Å². The summed E-state index contributed by atoms with van der Waals surface area (Å²) in [5.74, 6) is 0.0288. The monoisotopic (exact) mass is 475 g/mol. The number of nitrogens with zero attached hydrogens (tertiary/aromatic N) is 2. The highest BCUT2D eigenvalue weighted by Gasteiger charge is 2.15. The molecular weight excluding hydrogens is 454 g/mol. The second kappa shape index (κ2) is 9.41. The number of rotatable bonds is 6. The normalized spacial score (nSPS) is 12.6. The molecule has 1 heterocycles. The van der Waals surface area contributed by atoms with E-state index in [1.807, 2.05) is 36.4 Å². The van der Waals surface area contributed by atoms with Gasteiger partial charge in [0.05, 0.1) is 23.2 Å². The van der Waals surface area contributed by atoms with Crippen molar-refractivity contribution in [2.24, 2.45) is 0 Å². The smallest absolute Gasteiger partial charge is 0.262 e. The summed E-state index contributed by atoms with van der Waals surface area (Å²) in [7, 11) is 0. The van der Waals surface area contributed by atoms with Gasteiger partial charge >= 0.3 is 0 Å². The first-order chi connectivity index (χ1) is 16.1. The van der Waals surface area contributed by atoms with Crippen LogP contribution in [0.3, 0.4) is 0 Å². The van der Waals surface area contributed by atoms with E-state index in [1.54, 1.807) is 22.8 Å². The molecule has 0 unspecified atom stereocenters. The molecule has 0 fully saturated rings. The van der Waals surface area contributed by atoms with E-state index in [0.29, 0.717) is 27.6 Å². The van der Waals surface area contributed by atoms with Crippen LogP contribution in [0.15, 0.2) is 76.7 Å². The first-order valence-corrected chi connectivity index (χ1v) is 12.2. The van der Waals surface area contributed by atoms with Gasteiger partial charge in [-0.2, -0.15) is 0 Å². The Hall–Kier alpha value is -3.09. The fraction of sp³-hybridized carbons (Fsp3) is 0.192. The van der Waals surface area contributed by atoms with Crippen LogP contribution in [0.4, 0.5) is 5.69 Å². The second-order valence-electron chi connectivity index (χ2n) is 8.10. The standard InChI is InChI=1S/C26H22ClN3O2S/c27-20-11-8-17(9-12-20)15-30-25(32)22-6-1-2-7-23(22)29-26(30)33-16-24(31)28-21-13-10-18-4-3-5-19(18)14-21/h1-2,6-14H,3-5,15-16H2,(H,28,31). The van der Waals surface area contributed by atoms with Gasteiger partial charge in [-0.05, 0) is 72.4 Å². The number of thioether (sulfide) groups is 1. The number of hydrogen-bond acceptors (Lipinski definition) is 4. The lowest BCUT2D eigenvalue weighted by Crippen LogP contribution is -2.25. The van der Waals surface area contributed by atoms with Crippen molar-refractivity contribution in [3.63, 3.8) is 0 Å². The topological polar surface area (TPSA) is 64.0 Å². The number of carbonyl (C=O) groups excluding carboxylic acids is 1. The molecule has 0 bridgehead atoms. The Balaban J connectivity index is 1.38. The van der Waals surface area contributed by atoms with Crippen LogP contribution < -0.4 is 10.9 Å². The summed E-state index contributed by atoms with van der Waals surface area (Å²) in [5.41, 5.74) is 4.92. The van der Waals surface area contributed by atoms with Gasteiger partial charge in [0.25, 0.3) is 5.56 Å². The van der Waals surface area contributed by atoms with E-state index in [2.05, 4.69) is 17.4 Å². The zero-order chi connectivity index (χ0) is 22.8. The van der Waals surface area contributed by atoms with Crippen molar-refractivity contribution in [1.82, 2.24) is 9.55 Å². The highest BCUT2D eigenvalue weighted by Crippen LogP contribution is 2.25. The molecule has 7 heteroatoms. The molecular formula is C26H22ClN3O2S. The van der Waals surface area contributed by atoms with Gasteiger partial charge in [0.1, 0.15) is 0 Å². The first-order valence-electron chi connectivity index (χ1n) is 10.9. The summed E-state index contributed by atoms with van der Waals surface area (Å²) in [6.07, 6.45) is 3.34. The van der Waals surface area contributed by atoms with Gasteiger partial charge in [-0.3, -0.25) is 14.2 Å². The summed E-state index contributed by atoms with van der Waals surface area (Å²) in [4.78, 5) is 30.6. The number of anilines is 1. The van der Waals surface area contributed by atoms with Crippen molar-refractivity contribution in [3.05, 3.63) is 98.8 Å². The zero-order valence-electron chi connectivity index (χ0n) is 17.9. The van der Waals surface area contributed by atoms with Crippen molar-refractivity contribution >= 4 is 45.9 Å². The van der Waals surface area contributed by atoms with Crippen LogP contribution in [0.25, 0.3) is 10.9 Å². The van der Waals surface area contributed by atoms with Crippen molar-refractivity contribution < 1.29 is 4.79 Å². The third kappa shape index (κ3) is 4.82. The Morgan fingerprint density at radius 2 is 1.82 bits per heavy atom. The largest absolute Gasteiger partial charge is 0.325 e. The van der Waals surface area contributed by atoms with E-state index in [0.717, 1.165) is 24.1 Å². The Kier molecular flexibility index (Phi) is 6.20. The molecule has 4 aromatic rings. The van der Waals surface area contributed by atoms with Gasteiger partial charge in [0.2, 0.25) is 5.91 Å². The minimum absolute atomic E-state index is 0.126. The van der Waals surface area contributed by atoms with Crippen LogP contribution >= 0.6 is 23.4 Å². The molecule has 0 saturated carbocycles. The number of para-hydroxylation sites is 1. The third-order valence-electron chi connectivity index (χ3n) is 5.80. The van der Waals surface area contributed by atoms with Crippen molar-refractivity contribution in [1.29, 1.82) is 0 Å². The predicted molar refractivity (Wildman–Crippen MR) is 134 cm³/mol. The van der Waals surface area contributed by atoms with Crippen molar-refractivity contribution in [2.75, 3.05) is 11.1 Å². The van der Waals surface area contributed by atoms with E-state index < -0.39 is 0 Å². The van der Waals surface area contributed by atoms with E-state index in [4.69, 9.17) is 16.6 Å². The maximum absolute atomic E-state index is 13.2. The molecule has 1 amide bonds. The predicted octanol–water partition coefficient (Wildman–Crippen LogP) is 5.32. The molecule has 0 saturated heterocycles. The van der Waals surface area contributed by atoms with Gasteiger partial charge in [-0.1, -0.05) is 53.7 Å². The van der Waals surface area contributed by atoms with Gasteiger partial charge < -0.3 is 5.32 Å². The van der Waals surface area contributed by atoms with Crippen LogP contribution in [0, 0.1) is 0 Å². The molecule has 0 aliphatic heterocycles. The lowest BCUT2D eigenvalue weighted by Gasteiger charge is -2.13. The van der Waals surface area contributed by atoms with E-state index >= 15 is 0 Å². The third-order valence-corrected chi connectivity index (χ3v) is 7.02. The molecule has 1 N–H and O–H groups in total. The van der Waals surface area contributed by atoms with E-state index in [1.165, 1.54) is 29.3 Å². The van der Waals surface area contributed by atoms with Crippen LogP contribution in [0.5, 0.6) is 0 Å². The summed E-state index contributed by atoms with van der Waals surface area (Å²) in [5, 5.41) is 4.68. The number of amides is 1. The molecule has 0 radical (unpaired) electrons. The molecule has 5 nitrogen and oxygen atoms in total. The fourth-order valence-corrected chi connectivity index (χ4v) is 5.07. The average molecular weight is 476 g/mol. The Morgan fingerprint density at radius 1 is 1.03 bits per heavy atom. The number of carbonyl (C=O) groups is 1. The molecule has 0 atom stereocenters. The average Bonchev–Trinajstić information content (AvgIpc) is 3.29. The second-order valence-corrected chi connectivity index (χ2v) is 9.48. The Bertz CT molecular complexity index is 1400. The number of aryl methyl sites for hydroxylation is 2. The van der Waals surface area contributed by atoms with E-state index in [9.17, 15) is 9.59 Å². The summed E-state index contributed by atoms with van der Waals surface area (Å²) < 4.78 is 1.62. The minimum Gasteiger partial charge on any atom is -0.325 e. The Labute approximate surface area is 200 Å². The summed E-state index contributed by atoms with van der Waals surface area (Å²) in [6.45, 7) is 0.350. The molecule has 1 aliphatic carbocycles. The highest BCUT2D eigenvalue weighted by molar-refractivity contribution is 7.99. The van der Waals surface area contributed by atoms with Crippen LogP contribution in [-0.4, -0.2) is 21.2 Å². The van der Waals surface area contributed by atoms with Gasteiger partial charge in [0.15, 0.2) is 5.16 Å². The number of hydrogen-bond donors (Lipinski definition) is 1. The lowest BCUT2D eigenvalue weighted by atomic mass is 10.1. The van der Waals surface area contributed by atoms with Crippen molar-refractivity contribution in [2.45, 2.75) is 31.0 Å². The maximum Gasteiger partial charge on any atom is 0.262 e.